The van der Waals surface area contributed by atoms with Crippen LogP contribution in [-0.2, 0) is 7.05 Å². The van der Waals surface area contributed by atoms with Crippen molar-refractivity contribution < 1.29 is 4.79 Å². The smallest absolute Gasteiger partial charge is 0.250 e. The third-order valence-electron chi connectivity index (χ3n) is 4.27. The SMILES string of the molecule is CN(C)C1CCN(c2ccc(C(N)=O)c3nn(C)cc23)C1. The number of carbonyl (C=O) groups excluding carboxylic acids is 1. The van der Waals surface area contributed by atoms with Gasteiger partial charge in [-0.25, -0.2) is 0 Å². The summed E-state index contributed by atoms with van der Waals surface area (Å²) in [6, 6.07) is 4.34. The summed E-state index contributed by atoms with van der Waals surface area (Å²) in [6.07, 6.45) is 3.10. The summed E-state index contributed by atoms with van der Waals surface area (Å²) < 4.78 is 1.74. The standard InChI is InChI=1S/C15H21N5O/c1-18(2)10-6-7-20(8-10)13-5-4-11(15(16)21)14-12(13)9-19(3)17-14/h4-5,9-10H,6-8H2,1-3H3,(H2,16,21). The molecule has 1 unspecified atom stereocenters. The van der Waals surface area contributed by atoms with Gasteiger partial charge in [-0.2, -0.15) is 5.10 Å². The Kier molecular flexibility index (Phi) is 3.33. The Morgan fingerprint density at radius 1 is 1.43 bits per heavy atom. The van der Waals surface area contributed by atoms with E-state index in [1.807, 2.05) is 19.3 Å². The number of carbonyl (C=O) groups is 1. The summed E-state index contributed by atoms with van der Waals surface area (Å²) in [5, 5.41) is 5.39. The van der Waals surface area contributed by atoms with Crippen LogP contribution in [-0.4, -0.2) is 53.8 Å². The fourth-order valence-electron chi connectivity index (χ4n) is 3.06. The van der Waals surface area contributed by atoms with Gasteiger partial charge >= 0.3 is 0 Å². The zero-order valence-electron chi connectivity index (χ0n) is 12.7. The van der Waals surface area contributed by atoms with Crippen LogP contribution in [0.4, 0.5) is 5.69 Å². The molecule has 0 bridgehead atoms. The monoisotopic (exact) mass is 287 g/mol. The minimum absolute atomic E-state index is 0.433. The first-order valence-corrected chi connectivity index (χ1v) is 7.15. The first-order chi connectivity index (χ1) is 9.97. The first-order valence-electron chi connectivity index (χ1n) is 7.15. The highest BCUT2D eigenvalue weighted by Gasteiger charge is 2.26. The van der Waals surface area contributed by atoms with Gasteiger partial charge in [-0.3, -0.25) is 9.48 Å². The highest BCUT2D eigenvalue weighted by molar-refractivity contribution is 6.08. The number of aryl methyl sites for hydroxylation is 1. The zero-order chi connectivity index (χ0) is 15.1. The average molecular weight is 287 g/mol. The number of anilines is 1. The molecule has 3 rings (SSSR count). The van der Waals surface area contributed by atoms with E-state index in [1.54, 1.807) is 10.7 Å². The minimum atomic E-state index is -0.433. The number of hydrogen-bond acceptors (Lipinski definition) is 4. The van der Waals surface area contributed by atoms with Crippen LogP contribution in [0.1, 0.15) is 16.8 Å². The van der Waals surface area contributed by atoms with Crippen molar-refractivity contribution in [2.75, 3.05) is 32.1 Å². The van der Waals surface area contributed by atoms with Gasteiger partial charge in [0.2, 0.25) is 0 Å². The van der Waals surface area contributed by atoms with E-state index in [0.717, 1.165) is 30.6 Å². The maximum absolute atomic E-state index is 11.6. The Bertz CT molecular complexity index is 691. The molecule has 1 atom stereocenters. The van der Waals surface area contributed by atoms with Crippen LogP contribution in [0, 0.1) is 0 Å². The summed E-state index contributed by atoms with van der Waals surface area (Å²) in [5.41, 5.74) is 7.75. The van der Waals surface area contributed by atoms with Crippen LogP contribution in [0.5, 0.6) is 0 Å². The Balaban J connectivity index is 2.04. The van der Waals surface area contributed by atoms with Gasteiger partial charge in [-0.15, -0.1) is 0 Å². The lowest BCUT2D eigenvalue weighted by Crippen LogP contribution is -2.31. The predicted molar refractivity (Wildman–Crippen MR) is 83.5 cm³/mol. The number of fused-ring (bicyclic) bond motifs is 1. The second kappa shape index (κ2) is 5.04. The van der Waals surface area contributed by atoms with Crippen LogP contribution in [0.2, 0.25) is 0 Å². The Morgan fingerprint density at radius 2 is 2.19 bits per heavy atom. The minimum Gasteiger partial charge on any atom is -0.369 e. The number of nitrogens with zero attached hydrogens (tertiary/aromatic N) is 4. The van der Waals surface area contributed by atoms with Crippen LogP contribution >= 0.6 is 0 Å². The fourth-order valence-corrected chi connectivity index (χ4v) is 3.06. The molecule has 1 amide bonds. The Hall–Kier alpha value is -2.08. The van der Waals surface area contributed by atoms with E-state index >= 15 is 0 Å². The average Bonchev–Trinajstić information content (AvgIpc) is 3.02. The summed E-state index contributed by atoms with van der Waals surface area (Å²) in [7, 11) is 6.09. The number of nitrogens with two attached hydrogens (primary N) is 1. The second-order valence-electron chi connectivity index (χ2n) is 5.91. The zero-order valence-corrected chi connectivity index (χ0v) is 12.7. The summed E-state index contributed by atoms with van der Waals surface area (Å²) in [6.45, 7) is 2.01. The normalized spacial score (nSPS) is 18.9. The molecule has 2 heterocycles. The van der Waals surface area contributed by atoms with E-state index < -0.39 is 5.91 Å². The highest BCUT2D eigenvalue weighted by atomic mass is 16.1. The van der Waals surface area contributed by atoms with Crippen molar-refractivity contribution in [2.45, 2.75) is 12.5 Å². The van der Waals surface area contributed by atoms with Gasteiger partial charge in [0.1, 0.15) is 5.52 Å². The Morgan fingerprint density at radius 3 is 2.81 bits per heavy atom. The van der Waals surface area contributed by atoms with E-state index in [4.69, 9.17) is 5.73 Å². The van der Waals surface area contributed by atoms with Gasteiger partial charge in [0.25, 0.3) is 5.91 Å². The van der Waals surface area contributed by atoms with Gasteiger partial charge in [0.05, 0.1) is 5.56 Å². The van der Waals surface area contributed by atoms with E-state index in [2.05, 4.69) is 29.0 Å². The first kappa shape index (κ1) is 13.9. The lowest BCUT2D eigenvalue weighted by atomic mass is 10.1. The molecule has 0 aliphatic carbocycles. The molecule has 1 aromatic carbocycles. The van der Waals surface area contributed by atoms with Crippen molar-refractivity contribution in [1.82, 2.24) is 14.7 Å². The molecular weight excluding hydrogens is 266 g/mol. The van der Waals surface area contributed by atoms with Crippen LogP contribution in [0.15, 0.2) is 18.3 Å². The van der Waals surface area contributed by atoms with Crippen LogP contribution < -0.4 is 10.6 Å². The topological polar surface area (TPSA) is 67.4 Å². The van der Waals surface area contributed by atoms with E-state index in [9.17, 15) is 4.79 Å². The second-order valence-corrected chi connectivity index (χ2v) is 5.91. The van der Waals surface area contributed by atoms with Crippen molar-refractivity contribution in [3.8, 4) is 0 Å². The third-order valence-corrected chi connectivity index (χ3v) is 4.27. The molecule has 1 fully saturated rings. The fraction of sp³-hybridized carbons (Fsp3) is 0.467. The maximum atomic E-state index is 11.6. The van der Waals surface area contributed by atoms with Crippen molar-refractivity contribution >= 4 is 22.5 Å². The Labute approximate surface area is 124 Å². The molecule has 0 spiro atoms. The molecule has 1 saturated heterocycles. The largest absolute Gasteiger partial charge is 0.369 e. The van der Waals surface area contributed by atoms with Crippen molar-refractivity contribution in [3.05, 3.63) is 23.9 Å². The number of primary amides is 1. The summed E-state index contributed by atoms with van der Waals surface area (Å²) >= 11 is 0. The molecule has 1 aromatic heterocycles. The highest BCUT2D eigenvalue weighted by Crippen LogP contribution is 2.31. The van der Waals surface area contributed by atoms with Gasteiger partial charge in [0.15, 0.2) is 0 Å². The number of likely N-dealkylation sites (N-methyl/N-ethyl adjacent to an activating group) is 1. The van der Waals surface area contributed by atoms with E-state index in [-0.39, 0.29) is 0 Å². The molecule has 1 aliphatic heterocycles. The summed E-state index contributed by atoms with van der Waals surface area (Å²) in [5.74, 6) is -0.433. The van der Waals surface area contributed by atoms with Crippen molar-refractivity contribution in [2.24, 2.45) is 12.8 Å². The van der Waals surface area contributed by atoms with Crippen LogP contribution in [0.25, 0.3) is 10.9 Å². The van der Waals surface area contributed by atoms with Gasteiger partial charge in [-0.1, -0.05) is 0 Å². The number of hydrogen-bond donors (Lipinski definition) is 1. The predicted octanol–water partition coefficient (Wildman–Crippen LogP) is 0.812. The molecule has 2 aromatic rings. The number of benzene rings is 1. The molecule has 6 nitrogen and oxygen atoms in total. The molecular formula is C15H21N5O. The number of rotatable bonds is 3. The quantitative estimate of drug-likeness (QED) is 0.907. The number of aromatic nitrogens is 2. The number of amides is 1. The molecule has 0 saturated carbocycles. The molecule has 2 N–H and O–H groups in total. The molecule has 6 heteroatoms. The third kappa shape index (κ3) is 2.35. The van der Waals surface area contributed by atoms with Crippen molar-refractivity contribution in [3.63, 3.8) is 0 Å². The van der Waals surface area contributed by atoms with E-state index in [1.165, 1.54) is 0 Å². The van der Waals surface area contributed by atoms with Gasteiger partial charge in [0, 0.05) is 43.4 Å². The van der Waals surface area contributed by atoms with Crippen molar-refractivity contribution in [1.29, 1.82) is 0 Å². The van der Waals surface area contributed by atoms with E-state index in [0.29, 0.717) is 17.1 Å². The molecule has 0 radical (unpaired) electrons. The molecule has 112 valence electrons. The van der Waals surface area contributed by atoms with Gasteiger partial charge in [-0.05, 0) is 32.6 Å². The lowest BCUT2D eigenvalue weighted by Gasteiger charge is -2.22. The molecule has 1 aliphatic rings. The van der Waals surface area contributed by atoms with Gasteiger partial charge < -0.3 is 15.5 Å². The van der Waals surface area contributed by atoms with Crippen LogP contribution in [0.3, 0.4) is 0 Å². The maximum Gasteiger partial charge on any atom is 0.250 e. The summed E-state index contributed by atoms with van der Waals surface area (Å²) in [4.78, 5) is 16.2. The molecule has 21 heavy (non-hydrogen) atoms. The lowest BCUT2D eigenvalue weighted by molar-refractivity contribution is 0.100.